The van der Waals surface area contributed by atoms with Gasteiger partial charge in [-0.1, -0.05) is 38.1 Å². The molecule has 2 aromatic rings. The van der Waals surface area contributed by atoms with Crippen LogP contribution in [0.5, 0.6) is 11.5 Å². The molecule has 0 saturated heterocycles. The van der Waals surface area contributed by atoms with Gasteiger partial charge < -0.3 is 25.2 Å². The van der Waals surface area contributed by atoms with Gasteiger partial charge in [-0.25, -0.2) is 0 Å². The molecule has 8 heteroatoms. The topological polar surface area (TPSA) is 96.9 Å². The minimum atomic E-state index is -1.64. The van der Waals surface area contributed by atoms with Gasteiger partial charge in [0.2, 0.25) is 5.91 Å². The predicted octanol–water partition coefficient (Wildman–Crippen LogP) is 3.58. The van der Waals surface area contributed by atoms with Crippen LogP contribution in [0.2, 0.25) is 0 Å². The number of nitrogens with one attached hydrogen (secondary N) is 2. The summed E-state index contributed by atoms with van der Waals surface area (Å²) in [6.07, 6.45) is 0.569. The highest BCUT2D eigenvalue weighted by Crippen LogP contribution is 2.32. The zero-order chi connectivity index (χ0) is 26.0. The molecule has 0 aliphatic rings. The summed E-state index contributed by atoms with van der Waals surface area (Å²) in [6.45, 7) is 5.79. The van der Waals surface area contributed by atoms with Crippen LogP contribution >= 0.6 is 11.8 Å². The zero-order valence-corrected chi connectivity index (χ0v) is 22.3. The van der Waals surface area contributed by atoms with Crippen molar-refractivity contribution >= 4 is 23.6 Å². The van der Waals surface area contributed by atoms with Crippen LogP contribution in [0.4, 0.5) is 0 Å². The smallest absolute Gasteiger partial charge is 0.253 e. The highest BCUT2D eigenvalue weighted by atomic mass is 32.2. The zero-order valence-electron chi connectivity index (χ0n) is 21.5. The Labute approximate surface area is 213 Å². The van der Waals surface area contributed by atoms with Crippen molar-refractivity contribution in [3.05, 3.63) is 59.7 Å². The van der Waals surface area contributed by atoms with Crippen molar-refractivity contribution in [1.29, 1.82) is 0 Å². The molecule has 35 heavy (non-hydrogen) atoms. The van der Waals surface area contributed by atoms with Crippen molar-refractivity contribution in [2.75, 3.05) is 21.3 Å². The Bertz CT molecular complexity index is 949. The summed E-state index contributed by atoms with van der Waals surface area (Å²) >= 11 is 1.50. The molecule has 7 nitrogen and oxygen atoms in total. The van der Waals surface area contributed by atoms with E-state index in [9.17, 15) is 14.7 Å². The van der Waals surface area contributed by atoms with Crippen LogP contribution in [-0.4, -0.2) is 55.1 Å². The molecule has 2 rings (SSSR count). The Kier molecular flexibility index (Phi) is 10.9. The Morgan fingerprint density at radius 3 is 1.91 bits per heavy atom. The number of benzene rings is 2. The molecule has 0 aromatic heterocycles. The number of aliphatic hydroxyl groups is 1. The van der Waals surface area contributed by atoms with Gasteiger partial charge in [0.15, 0.2) is 5.60 Å². The van der Waals surface area contributed by atoms with Gasteiger partial charge in [-0.05, 0) is 54.7 Å². The molecule has 192 valence electrons. The summed E-state index contributed by atoms with van der Waals surface area (Å²) in [5, 5.41) is 16.6. The first-order valence-corrected chi connectivity index (χ1v) is 12.8. The average molecular weight is 503 g/mol. The number of carbonyl (C=O) groups is 2. The monoisotopic (exact) mass is 502 g/mol. The molecule has 3 atom stereocenters. The van der Waals surface area contributed by atoms with Gasteiger partial charge in [0.1, 0.15) is 17.5 Å². The third kappa shape index (κ3) is 8.18. The number of rotatable bonds is 13. The quantitative estimate of drug-likeness (QED) is 0.388. The van der Waals surface area contributed by atoms with Crippen LogP contribution in [0.15, 0.2) is 48.5 Å². The fourth-order valence-corrected chi connectivity index (χ4v) is 4.92. The Morgan fingerprint density at radius 2 is 1.46 bits per heavy atom. The van der Waals surface area contributed by atoms with E-state index in [-0.39, 0.29) is 18.2 Å². The maximum absolute atomic E-state index is 13.5. The fraction of sp³-hybridized carbons (Fsp3) is 0.481. The standard InChI is InChI=1S/C27H38N2O5S/c1-18(2)16-27(32,19(3)35-17-21-9-13-23(34-6)14-10-21)26(31)29-24(25(30)28-4)15-20-7-11-22(33-5)12-8-20/h7-14,18-19,24,32H,15-17H2,1-6H3,(H,28,30)(H,29,31)/t19?,24-,27-/m0/s1. The lowest BCUT2D eigenvalue weighted by Crippen LogP contribution is -2.58. The molecular formula is C27H38N2O5S. The lowest BCUT2D eigenvalue weighted by Gasteiger charge is -2.35. The van der Waals surface area contributed by atoms with E-state index in [1.165, 1.54) is 18.8 Å². The van der Waals surface area contributed by atoms with Crippen molar-refractivity contribution in [3.8, 4) is 11.5 Å². The summed E-state index contributed by atoms with van der Waals surface area (Å²) in [4.78, 5) is 26.1. The van der Waals surface area contributed by atoms with Crippen molar-refractivity contribution in [3.63, 3.8) is 0 Å². The molecule has 2 aromatic carbocycles. The second-order valence-corrected chi connectivity index (χ2v) is 10.3. The fourth-order valence-electron chi connectivity index (χ4n) is 3.81. The number of methoxy groups -OCH3 is 2. The third-order valence-electron chi connectivity index (χ3n) is 5.91. The van der Waals surface area contributed by atoms with E-state index in [4.69, 9.17) is 9.47 Å². The largest absolute Gasteiger partial charge is 0.497 e. The lowest BCUT2D eigenvalue weighted by atomic mass is 9.88. The SMILES string of the molecule is CNC(=O)[C@H](Cc1ccc(OC)cc1)NC(=O)[C@](O)(CC(C)C)C(C)SCc1ccc(OC)cc1. The van der Waals surface area contributed by atoms with Crippen LogP contribution in [0.25, 0.3) is 0 Å². The molecule has 0 radical (unpaired) electrons. The molecule has 0 saturated carbocycles. The maximum atomic E-state index is 13.5. The summed E-state index contributed by atoms with van der Waals surface area (Å²) in [5.41, 5.74) is 0.295. The van der Waals surface area contributed by atoms with Crippen LogP contribution in [0.3, 0.4) is 0 Å². The third-order valence-corrected chi connectivity index (χ3v) is 7.30. The first-order valence-electron chi connectivity index (χ1n) is 11.7. The number of carbonyl (C=O) groups excluding carboxylic acids is 2. The van der Waals surface area contributed by atoms with Crippen molar-refractivity contribution in [2.45, 2.75) is 56.3 Å². The van der Waals surface area contributed by atoms with Gasteiger partial charge in [0.25, 0.3) is 5.91 Å². The van der Waals surface area contributed by atoms with Gasteiger partial charge >= 0.3 is 0 Å². The Balaban J connectivity index is 2.17. The lowest BCUT2D eigenvalue weighted by molar-refractivity contribution is -0.143. The Morgan fingerprint density at radius 1 is 0.943 bits per heavy atom. The summed E-state index contributed by atoms with van der Waals surface area (Å²) < 4.78 is 10.4. The van der Waals surface area contributed by atoms with E-state index in [1.807, 2.05) is 69.3 Å². The number of hydrogen-bond acceptors (Lipinski definition) is 6. The van der Waals surface area contributed by atoms with Crippen LogP contribution < -0.4 is 20.1 Å². The molecule has 0 spiro atoms. The summed E-state index contributed by atoms with van der Waals surface area (Å²) in [5.74, 6) is 1.34. The molecule has 1 unspecified atom stereocenters. The number of ether oxygens (including phenoxy) is 2. The molecule has 0 fully saturated rings. The average Bonchev–Trinajstić information content (AvgIpc) is 2.86. The highest BCUT2D eigenvalue weighted by Gasteiger charge is 2.43. The van der Waals surface area contributed by atoms with E-state index >= 15 is 0 Å². The van der Waals surface area contributed by atoms with Gasteiger partial charge in [-0.2, -0.15) is 11.8 Å². The van der Waals surface area contributed by atoms with E-state index in [1.54, 1.807) is 14.2 Å². The van der Waals surface area contributed by atoms with Crippen LogP contribution in [0, 0.1) is 5.92 Å². The normalized spacial score (nSPS) is 14.5. The van der Waals surface area contributed by atoms with Gasteiger partial charge in [0, 0.05) is 24.5 Å². The number of thioether (sulfide) groups is 1. The summed E-state index contributed by atoms with van der Waals surface area (Å²) in [6, 6.07) is 14.2. The molecule has 2 amide bonds. The predicted molar refractivity (Wildman–Crippen MR) is 141 cm³/mol. The molecular weight excluding hydrogens is 464 g/mol. The van der Waals surface area contributed by atoms with Crippen LogP contribution in [-0.2, 0) is 21.8 Å². The molecule has 3 N–H and O–H groups in total. The number of likely N-dealkylation sites (N-methyl/N-ethyl adjacent to an activating group) is 1. The molecule has 0 heterocycles. The van der Waals surface area contributed by atoms with E-state index < -0.39 is 22.8 Å². The van der Waals surface area contributed by atoms with E-state index in [2.05, 4.69) is 10.6 Å². The van der Waals surface area contributed by atoms with Crippen molar-refractivity contribution in [1.82, 2.24) is 10.6 Å². The second-order valence-electron chi connectivity index (χ2n) is 9.02. The van der Waals surface area contributed by atoms with Gasteiger partial charge in [0.05, 0.1) is 14.2 Å². The molecule has 0 bridgehead atoms. The van der Waals surface area contributed by atoms with Gasteiger partial charge in [-0.15, -0.1) is 0 Å². The minimum absolute atomic E-state index is 0.0785. The van der Waals surface area contributed by atoms with Crippen LogP contribution in [0.1, 0.15) is 38.3 Å². The van der Waals surface area contributed by atoms with Crippen molar-refractivity contribution in [2.24, 2.45) is 5.92 Å². The highest BCUT2D eigenvalue weighted by molar-refractivity contribution is 7.99. The first kappa shape index (κ1) is 28.5. The van der Waals surface area contributed by atoms with Gasteiger partial charge in [-0.3, -0.25) is 9.59 Å². The van der Waals surface area contributed by atoms with Crippen molar-refractivity contribution < 1.29 is 24.2 Å². The Hall–Kier alpha value is -2.71. The number of amides is 2. The molecule has 0 aliphatic heterocycles. The summed E-state index contributed by atoms with van der Waals surface area (Å²) in [7, 11) is 4.74. The maximum Gasteiger partial charge on any atom is 0.253 e. The number of hydrogen-bond donors (Lipinski definition) is 3. The minimum Gasteiger partial charge on any atom is -0.497 e. The molecule has 0 aliphatic carbocycles. The van der Waals surface area contributed by atoms with E-state index in [0.717, 1.165) is 16.9 Å². The second kappa shape index (κ2) is 13.4. The van der Waals surface area contributed by atoms with E-state index in [0.29, 0.717) is 17.9 Å². The first-order chi connectivity index (χ1) is 16.6.